The van der Waals surface area contributed by atoms with Gasteiger partial charge >= 0.3 is 0 Å². The SMILES string of the molecule is C/C(=C(\C#N)C(N)=S)N1CCCN(c2ccc(Br)cc2)CC1. The standard InChI is InChI=1S/C16H19BrN4S/c1-12(15(11-18)16(19)22)20-7-2-8-21(10-9-20)14-5-3-13(17)4-6-14/h3-6H,2,7-10H2,1H3,(H2,19,22)/b15-12-. The summed E-state index contributed by atoms with van der Waals surface area (Å²) in [4.78, 5) is 4.75. The monoisotopic (exact) mass is 378 g/mol. The van der Waals surface area contributed by atoms with Crippen molar-refractivity contribution in [3.63, 3.8) is 0 Å². The molecule has 0 unspecified atom stereocenters. The Balaban J connectivity index is 2.11. The highest BCUT2D eigenvalue weighted by Gasteiger charge is 2.18. The minimum absolute atomic E-state index is 0.175. The largest absolute Gasteiger partial charge is 0.389 e. The molecule has 1 aliphatic heterocycles. The van der Waals surface area contributed by atoms with Crippen LogP contribution in [0.15, 0.2) is 40.0 Å². The third-order valence-electron chi connectivity index (χ3n) is 3.88. The van der Waals surface area contributed by atoms with Crippen molar-refractivity contribution < 1.29 is 0 Å². The van der Waals surface area contributed by atoms with E-state index < -0.39 is 0 Å². The summed E-state index contributed by atoms with van der Waals surface area (Å²) < 4.78 is 1.08. The van der Waals surface area contributed by atoms with Crippen LogP contribution in [0.4, 0.5) is 5.69 Å². The molecule has 0 amide bonds. The van der Waals surface area contributed by atoms with Crippen LogP contribution in [0.25, 0.3) is 0 Å². The zero-order valence-electron chi connectivity index (χ0n) is 12.6. The van der Waals surface area contributed by atoms with Crippen LogP contribution in [0.2, 0.25) is 0 Å². The highest BCUT2D eigenvalue weighted by molar-refractivity contribution is 9.10. The molecule has 0 bridgehead atoms. The van der Waals surface area contributed by atoms with Gasteiger partial charge in [-0.2, -0.15) is 5.26 Å². The topological polar surface area (TPSA) is 56.3 Å². The van der Waals surface area contributed by atoms with Gasteiger partial charge in [-0.15, -0.1) is 0 Å². The Hall–Kier alpha value is -1.58. The van der Waals surface area contributed by atoms with E-state index in [1.165, 1.54) is 5.69 Å². The van der Waals surface area contributed by atoms with Crippen LogP contribution in [-0.4, -0.2) is 36.1 Å². The van der Waals surface area contributed by atoms with Crippen molar-refractivity contribution in [3.8, 4) is 6.07 Å². The van der Waals surface area contributed by atoms with Gasteiger partial charge in [-0.25, -0.2) is 0 Å². The predicted molar refractivity (Wildman–Crippen MR) is 97.6 cm³/mol. The third-order valence-corrected chi connectivity index (χ3v) is 4.61. The fourth-order valence-electron chi connectivity index (χ4n) is 2.64. The number of nitrogens with two attached hydrogens (primary N) is 1. The summed E-state index contributed by atoms with van der Waals surface area (Å²) in [5.41, 5.74) is 8.16. The number of allylic oxidation sites excluding steroid dienone is 1. The van der Waals surface area contributed by atoms with Gasteiger partial charge in [0.25, 0.3) is 0 Å². The molecule has 0 spiro atoms. The quantitative estimate of drug-likeness (QED) is 0.497. The van der Waals surface area contributed by atoms with Gasteiger partial charge in [0.05, 0.1) is 0 Å². The molecule has 0 saturated carbocycles. The van der Waals surface area contributed by atoms with Gasteiger partial charge in [-0.1, -0.05) is 28.1 Å². The first-order valence-electron chi connectivity index (χ1n) is 7.19. The first-order valence-corrected chi connectivity index (χ1v) is 8.39. The molecular formula is C16H19BrN4S. The lowest BCUT2D eigenvalue weighted by molar-refractivity contribution is 0.369. The van der Waals surface area contributed by atoms with E-state index in [1.807, 2.05) is 6.92 Å². The van der Waals surface area contributed by atoms with E-state index >= 15 is 0 Å². The number of nitriles is 1. The fraction of sp³-hybridized carbons (Fsp3) is 0.375. The summed E-state index contributed by atoms with van der Waals surface area (Å²) in [6.07, 6.45) is 1.03. The zero-order valence-corrected chi connectivity index (χ0v) is 15.0. The molecule has 4 nitrogen and oxygen atoms in total. The second-order valence-corrected chi connectivity index (χ2v) is 6.60. The Morgan fingerprint density at radius 3 is 2.50 bits per heavy atom. The van der Waals surface area contributed by atoms with E-state index in [0.717, 1.165) is 42.8 Å². The van der Waals surface area contributed by atoms with Crippen molar-refractivity contribution in [1.82, 2.24) is 4.90 Å². The lowest BCUT2D eigenvalue weighted by atomic mass is 10.2. The summed E-state index contributed by atoms with van der Waals surface area (Å²) >= 11 is 8.43. The van der Waals surface area contributed by atoms with Crippen LogP contribution in [-0.2, 0) is 0 Å². The lowest BCUT2D eigenvalue weighted by Gasteiger charge is -2.26. The second-order valence-electron chi connectivity index (χ2n) is 5.24. The first-order chi connectivity index (χ1) is 10.5. The molecule has 1 saturated heterocycles. The number of anilines is 1. The van der Waals surface area contributed by atoms with E-state index in [1.54, 1.807) is 0 Å². The average Bonchev–Trinajstić information content (AvgIpc) is 2.74. The van der Waals surface area contributed by atoms with E-state index in [-0.39, 0.29) is 4.99 Å². The Bertz CT molecular complexity index is 618. The molecule has 1 aromatic rings. The number of hydrogen-bond acceptors (Lipinski definition) is 4. The van der Waals surface area contributed by atoms with E-state index in [4.69, 9.17) is 18.0 Å². The third kappa shape index (κ3) is 3.99. The number of hydrogen-bond donors (Lipinski definition) is 1. The van der Waals surface area contributed by atoms with Gasteiger partial charge in [-0.05, 0) is 37.6 Å². The molecule has 1 aromatic carbocycles. The smallest absolute Gasteiger partial charge is 0.116 e. The molecule has 22 heavy (non-hydrogen) atoms. The average molecular weight is 379 g/mol. The Morgan fingerprint density at radius 1 is 1.23 bits per heavy atom. The van der Waals surface area contributed by atoms with Crippen molar-refractivity contribution in [2.75, 3.05) is 31.1 Å². The van der Waals surface area contributed by atoms with Crippen molar-refractivity contribution in [2.24, 2.45) is 5.73 Å². The molecule has 0 radical (unpaired) electrons. The van der Waals surface area contributed by atoms with Crippen molar-refractivity contribution in [1.29, 1.82) is 5.26 Å². The summed E-state index contributed by atoms with van der Waals surface area (Å²) in [5, 5.41) is 9.21. The van der Waals surface area contributed by atoms with Gasteiger partial charge < -0.3 is 15.5 Å². The van der Waals surface area contributed by atoms with E-state index in [0.29, 0.717) is 5.57 Å². The van der Waals surface area contributed by atoms with Gasteiger partial charge in [0.1, 0.15) is 16.6 Å². The normalized spacial score (nSPS) is 16.6. The van der Waals surface area contributed by atoms with Gasteiger partial charge in [0.2, 0.25) is 0 Å². The number of thiocarbonyl (C=S) groups is 1. The summed E-state index contributed by atoms with van der Waals surface area (Å²) in [7, 11) is 0. The Labute approximate surface area is 145 Å². The molecule has 1 heterocycles. The van der Waals surface area contributed by atoms with E-state index in [2.05, 4.69) is 56.1 Å². The molecule has 116 valence electrons. The van der Waals surface area contributed by atoms with Crippen LogP contribution in [0.3, 0.4) is 0 Å². The molecule has 0 aromatic heterocycles. The summed E-state index contributed by atoms with van der Waals surface area (Å²) in [6.45, 7) is 5.60. The molecule has 1 aliphatic rings. The Morgan fingerprint density at radius 2 is 1.91 bits per heavy atom. The van der Waals surface area contributed by atoms with Crippen LogP contribution < -0.4 is 10.6 Å². The molecule has 6 heteroatoms. The zero-order chi connectivity index (χ0) is 16.1. The van der Waals surface area contributed by atoms with Crippen LogP contribution >= 0.6 is 28.1 Å². The molecule has 2 N–H and O–H groups in total. The maximum atomic E-state index is 9.21. The number of rotatable bonds is 3. The van der Waals surface area contributed by atoms with Crippen molar-refractivity contribution in [2.45, 2.75) is 13.3 Å². The highest BCUT2D eigenvalue weighted by atomic mass is 79.9. The number of benzene rings is 1. The van der Waals surface area contributed by atoms with Crippen LogP contribution in [0.5, 0.6) is 0 Å². The summed E-state index contributed by atoms with van der Waals surface area (Å²) in [5.74, 6) is 0. The maximum absolute atomic E-state index is 9.21. The van der Waals surface area contributed by atoms with Crippen LogP contribution in [0, 0.1) is 11.3 Å². The number of nitrogens with zero attached hydrogens (tertiary/aromatic N) is 3. The first kappa shape index (κ1) is 16.8. The predicted octanol–water partition coefficient (Wildman–Crippen LogP) is 3.04. The molecular weight excluding hydrogens is 360 g/mol. The Kier molecular flexibility index (Phi) is 5.81. The van der Waals surface area contributed by atoms with Gasteiger partial charge in [0.15, 0.2) is 0 Å². The van der Waals surface area contributed by atoms with Crippen LogP contribution in [0.1, 0.15) is 13.3 Å². The second kappa shape index (κ2) is 7.61. The van der Waals surface area contributed by atoms with E-state index in [9.17, 15) is 5.26 Å². The van der Waals surface area contributed by atoms with Gasteiger partial charge in [-0.3, -0.25) is 0 Å². The lowest BCUT2D eigenvalue weighted by Crippen LogP contribution is -2.31. The van der Waals surface area contributed by atoms with Crippen molar-refractivity contribution >= 4 is 38.8 Å². The van der Waals surface area contributed by atoms with Crippen molar-refractivity contribution in [3.05, 3.63) is 40.0 Å². The fourth-order valence-corrected chi connectivity index (χ4v) is 3.09. The number of halogens is 1. The minimum atomic E-state index is 0.175. The highest BCUT2D eigenvalue weighted by Crippen LogP contribution is 2.21. The van der Waals surface area contributed by atoms with Gasteiger partial charge in [0, 0.05) is 42.0 Å². The molecule has 2 rings (SSSR count). The molecule has 0 atom stereocenters. The molecule has 1 fully saturated rings. The molecule has 0 aliphatic carbocycles. The summed E-state index contributed by atoms with van der Waals surface area (Å²) in [6, 6.07) is 10.5. The maximum Gasteiger partial charge on any atom is 0.116 e. The minimum Gasteiger partial charge on any atom is -0.389 e.